The van der Waals surface area contributed by atoms with Gasteiger partial charge >= 0.3 is 6.03 Å². The van der Waals surface area contributed by atoms with E-state index < -0.39 is 27.8 Å². The number of ether oxygens (including phenoxy) is 1. The molecule has 1 atom stereocenters. The zero-order chi connectivity index (χ0) is 17.4. The normalized spacial score (nSPS) is 20.9. The average molecular weight is 342 g/mol. The molecule has 1 saturated heterocycles. The van der Waals surface area contributed by atoms with Gasteiger partial charge in [-0.1, -0.05) is 0 Å². The van der Waals surface area contributed by atoms with E-state index in [1.54, 1.807) is 11.0 Å². The molecule has 23 heavy (non-hydrogen) atoms. The summed E-state index contributed by atoms with van der Waals surface area (Å²) >= 11 is 0. The van der Waals surface area contributed by atoms with Gasteiger partial charge in [0.2, 0.25) is 0 Å². The van der Waals surface area contributed by atoms with E-state index in [-0.39, 0.29) is 10.9 Å². The van der Waals surface area contributed by atoms with Gasteiger partial charge in [-0.15, -0.1) is 0 Å². The molecule has 1 aromatic rings. The Morgan fingerprint density at radius 2 is 1.83 bits per heavy atom. The summed E-state index contributed by atoms with van der Waals surface area (Å²) < 4.78 is 31.2. The summed E-state index contributed by atoms with van der Waals surface area (Å²) in [5, 5.41) is 2.69. The van der Waals surface area contributed by atoms with Crippen molar-refractivity contribution in [2.24, 2.45) is 0 Å². The molecule has 1 aromatic carbocycles. The molecule has 0 spiro atoms. The predicted octanol–water partition coefficient (Wildman–Crippen LogP) is 2.98. The van der Waals surface area contributed by atoms with E-state index in [1.807, 2.05) is 27.7 Å². The van der Waals surface area contributed by atoms with Gasteiger partial charge in [0.1, 0.15) is 5.82 Å². The van der Waals surface area contributed by atoms with E-state index >= 15 is 0 Å². The SMILES string of the molecule is CS(=O)c1ccc(NC(=O)N2CC(C)(C)OC(C)(C)C2)cc1F. The second kappa shape index (κ2) is 6.20. The van der Waals surface area contributed by atoms with E-state index in [4.69, 9.17) is 4.74 Å². The molecule has 128 valence electrons. The number of hydrogen-bond donors (Lipinski definition) is 1. The molecule has 0 aliphatic carbocycles. The number of carbonyl (C=O) groups is 1. The van der Waals surface area contributed by atoms with Gasteiger partial charge in [-0.2, -0.15) is 0 Å². The van der Waals surface area contributed by atoms with Crippen LogP contribution in [0.1, 0.15) is 27.7 Å². The van der Waals surface area contributed by atoms with E-state index in [1.165, 1.54) is 18.4 Å². The molecule has 2 rings (SSSR count). The molecule has 1 fully saturated rings. The molecule has 0 saturated carbocycles. The van der Waals surface area contributed by atoms with Crippen molar-refractivity contribution in [3.05, 3.63) is 24.0 Å². The molecule has 0 radical (unpaired) electrons. The number of anilines is 1. The summed E-state index contributed by atoms with van der Waals surface area (Å²) in [4.78, 5) is 14.2. The fourth-order valence-electron chi connectivity index (χ4n) is 2.95. The number of nitrogens with zero attached hydrogens (tertiary/aromatic N) is 1. The zero-order valence-corrected chi connectivity index (χ0v) is 14.9. The lowest BCUT2D eigenvalue weighted by atomic mass is 9.99. The maximum Gasteiger partial charge on any atom is 0.322 e. The quantitative estimate of drug-likeness (QED) is 0.899. The fourth-order valence-corrected chi connectivity index (χ4v) is 3.54. The summed E-state index contributed by atoms with van der Waals surface area (Å²) in [5.74, 6) is -0.591. The minimum absolute atomic E-state index is 0.122. The summed E-state index contributed by atoms with van der Waals surface area (Å²) in [6.07, 6.45) is 1.41. The standard InChI is InChI=1S/C16H23FN2O3S/c1-15(2)9-19(10-16(3,4)22-15)14(20)18-11-6-7-13(23(5)21)12(17)8-11/h6-8H,9-10H2,1-5H3,(H,18,20). The van der Waals surface area contributed by atoms with Gasteiger partial charge in [0.25, 0.3) is 0 Å². The first kappa shape index (κ1) is 17.9. The van der Waals surface area contributed by atoms with Crippen LogP contribution in [0.5, 0.6) is 0 Å². The molecular formula is C16H23FN2O3S. The lowest BCUT2D eigenvalue weighted by Gasteiger charge is -2.46. The maximum absolute atomic E-state index is 13.9. The lowest BCUT2D eigenvalue weighted by molar-refractivity contribution is -0.169. The molecule has 5 nitrogen and oxygen atoms in total. The number of urea groups is 1. The lowest BCUT2D eigenvalue weighted by Crippen LogP contribution is -2.59. The minimum atomic E-state index is -1.40. The second-order valence-electron chi connectivity index (χ2n) is 7.01. The molecule has 1 unspecified atom stereocenters. The van der Waals surface area contributed by atoms with Crippen LogP contribution >= 0.6 is 0 Å². The first-order valence-electron chi connectivity index (χ1n) is 7.38. The van der Waals surface area contributed by atoms with Crippen molar-refractivity contribution < 1.29 is 18.1 Å². The maximum atomic E-state index is 13.9. The molecule has 1 N–H and O–H groups in total. The summed E-state index contributed by atoms with van der Waals surface area (Å²) in [5.41, 5.74) is -0.565. The zero-order valence-electron chi connectivity index (χ0n) is 14.1. The highest BCUT2D eigenvalue weighted by Crippen LogP contribution is 2.28. The number of amides is 2. The van der Waals surface area contributed by atoms with Crippen molar-refractivity contribution in [3.8, 4) is 0 Å². The molecule has 0 aromatic heterocycles. The Bertz CT molecular complexity index is 630. The Kier molecular flexibility index (Phi) is 4.82. The number of rotatable bonds is 2. The molecule has 2 amide bonds. The fraction of sp³-hybridized carbons (Fsp3) is 0.562. The Hall–Kier alpha value is -1.47. The smallest absolute Gasteiger partial charge is 0.322 e. The number of hydrogen-bond acceptors (Lipinski definition) is 3. The second-order valence-corrected chi connectivity index (χ2v) is 8.36. The van der Waals surface area contributed by atoms with Gasteiger partial charge in [-0.25, -0.2) is 9.18 Å². The molecule has 1 aliphatic rings. The van der Waals surface area contributed by atoms with Crippen molar-refractivity contribution in [2.45, 2.75) is 43.8 Å². The molecule has 0 bridgehead atoms. The number of halogens is 1. The van der Waals surface area contributed by atoms with Crippen LogP contribution in [0.3, 0.4) is 0 Å². The van der Waals surface area contributed by atoms with Gasteiger partial charge in [0, 0.05) is 11.9 Å². The van der Waals surface area contributed by atoms with Crippen molar-refractivity contribution >= 4 is 22.5 Å². The van der Waals surface area contributed by atoms with Crippen molar-refractivity contribution in [2.75, 3.05) is 24.7 Å². The first-order chi connectivity index (χ1) is 10.5. The Labute approximate surface area is 138 Å². The van der Waals surface area contributed by atoms with Gasteiger partial charge in [0.05, 0.1) is 40.0 Å². The van der Waals surface area contributed by atoms with Gasteiger partial charge in [0.15, 0.2) is 0 Å². The summed E-state index contributed by atoms with van der Waals surface area (Å²) in [7, 11) is -1.40. The van der Waals surface area contributed by atoms with Crippen LogP contribution in [0.25, 0.3) is 0 Å². The molecule has 1 aliphatic heterocycles. The van der Waals surface area contributed by atoms with E-state index in [2.05, 4.69) is 5.32 Å². The molecular weight excluding hydrogens is 319 g/mol. The van der Waals surface area contributed by atoms with Crippen molar-refractivity contribution in [3.63, 3.8) is 0 Å². The third-order valence-corrected chi connectivity index (χ3v) is 4.43. The van der Waals surface area contributed by atoms with Gasteiger partial charge in [-0.3, -0.25) is 4.21 Å². The topological polar surface area (TPSA) is 58.6 Å². The summed E-state index contributed by atoms with van der Waals surface area (Å²) in [6.45, 7) is 8.61. The van der Waals surface area contributed by atoms with Gasteiger partial charge < -0.3 is 15.0 Å². The van der Waals surface area contributed by atoms with E-state index in [9.17, 15) is 13.4 Å². The van der Waals surface area contributed by atoms with Crippen molar-refractivity contribution in [1.82, 2.24) is 4.90 Å². The number of nitrogens with one attached hydrogen (secondary N) is 1. The number of morpholine rings is 1. The highest BCUT2D eigenvalue weighted by molar-refractivity contribution is 7.84. The Morgan fingerprint density at radius 3 is 2.30 bits per heavy atom. The third kappa shape index (κ3) is 4.51. The Balaban J connectivity index is 2.13. The molecule has 1 heterocycles. The van der Waals surface area contributed by atoms with Gasteiger partial charge in [-0.05, 0) is 45.9 Å². The van der Waals surface area contributed by atoms with Crippen LogP contribution in [-0.4, -0.2) is 45.7 Å². The third-order valence-electron chi connectivity index (χ3n) is 3.48. The van der Waals surface area contributed by atoms with Crippen LogP contribution in [0, 0.1) is 5.82 Å². The van der Waals surface area contributed by atoms with Crippen LogP contribution in [0.4, 0.5) is 14.9 Å². The number of carbonyl (C=O) groups excluding carboxylic acids is 1. The highest BCUT2D eigenvalue weighted by atomic mass is 32.2. The van der Waals surface area contributed by atoms with E-state index in [0.29, 0.717) is 18.8 Å². The van der Waals surface area contributed by atoms with Crippen LogP contribution < -0.4 is 5.32 Å². The monoisotopic (exact) mass is 342 g/mol. The minimum Gasteiger partial charge on any atom is -0.366 e. The molecule has 7 heteroatoms. The number of benzene rings is 1. The van der Waals surface area contributed by atoms with Crippen LogP contribution in [0.15, 0.2) is 23.1 Å². The average Bonchev–Trinajstić information content (AvgIpc) is 2.34. The highest BCUT2D eigenvalue weighted by Gasteiger charge is 2.40. The Morgan fingerprint density at radius 1 is 1.26 bits per heavy atom. The van der Waals surface area contributed by atoms with Crippen molar-refractivity contribution in [1.29, 1.82) is 0 Å². The van der Waals surface area contributed by atoms with E-state index in [0.717, 1.165) is 0 Å². The largest absolute Gasteiger partial charge is 0.366 e. The summed E-state index contributed by atoms with van der Waals surface area (Å²) in [6, 6.07) is 3.85. The first-order valence-corrected chi connectivity index (χ1v) is 8.94. The van der Waals surface area contributed by atoms with Crippen LogP contribution in [-0.2, 0) is 15.5 Å². The van der Waals surface area contributed by atoms with Crippen LogP contribution in [0.2, 0.25) is 0 Å². The predicted molar refractivity (Wildman–Crippen MR) is 88.6 cm³/mol.